The number of aryl methyl sites for hydroxylation is 1. The van der Waals surface area contributed by atoms with Crippen molar-refractivity contribution in [1.29, 1.82) is 0 Å². The summed E-state index contributed by atoms with van der Waals surface area (Å²) in [5.74, 6) is -1.35. The minimum atomic E-state index is -0.683. The van der Waals surface area contributed by atoms with E-state index in [4.69, 9.17) is 0 Å². The van der Waals surface area contributed by atoms with Crippen LogP contribution in [0.25, 0.3) is 0 Å². The molecule has 9 heteroatoms. The van der Waals surface area contributed by atoms with Crippen molar-refractivity contribution in [3.8, 4) is 0 Å². The maximum absolute atomic E-state index is 15.0. The Morgan fingerprint density at radius 1 is 1.19 bits per heavy atom. The first-order valence-electron chi connectivity index (χ1n) is 11.0. The average Bonchev–Trinajstić information content (AvgIpc) is 3.31. The van der Waals surface area contributed by atoms with Gasteiger partial charge < -0.3 is 4.90 Å². The number of benzene rings is 1. The fourth-order valence-electron chi connectivity index (χ4n) is 5.02. The molecule has 4 heterocycles. The van der Waals surface area contributed by atoms with Crippen molar-refractivity contribution in [1.82, 2.24) is 20.1 Å². The van der Waals surface area contributed by atoms with Crippen LogP contribution < -0.4 is 5.32 Å². The van der Waals surface area contributed by atoms with E-state index in [1.54, 1.807) is 11.3 Å². The zero-order valence-corrected chi connectivity index (χ0v) is 18.7. The van der Waals surface area contributed by atoms with Gasteiger partial charge in [-0.1, -0.05) is 6.07 Å². The highest BCUT2D eigenvalue weighted by Crippen LogP contribution is 2.35. The van der Waals surface area contributed by atoms with Gasteiger partial charge in [0, 0.05) is 36.1 Å². The minimum Gasteiger partial charge on any atom is -0.322 e. The third-order valence-corrected chi connectivity index (χ3v) is 7.61. The number of thiazole rings is 1. The SMILES string of the molecule is Cc1ncc(CN2CCC(c3cc4c(cc3F)C(=O)N(C3CCC(=O)NC3=O)C4)CC2)s1. The maximum Gasteiger partial charge on any atom is 0.255 e. The summed E-state index contributed by atoms with van der Waals surface area (Å²) < 4.78 is 15.0. The van der Waals surface area contributed by atoms with Gasteiger partial charge in [0.15, 0.2) is 0 Å². The van der Waals surface area contributed by atoms with Gasteiger partial charge >= 0.3 is 0 Å². The first kappa shape index (κ1) is 21.2. The molecular formula is C23H25FN4O3S. The molecule has 168 valence electrons. The van der Waals surface area contributed by atoms with E-state index in [0.29, 0.717) is 17.5 Å². The molecular weight excluding hydrogens is 431 g/mol. The average molecular weight is 457 g/mol. The zero-order chi connectivity index (χ0) is 22.4. The van der Waals surface area contributed by atoms with Gasteiger partial charge in [0.05, 0.1) is 5.01 Å². The number of hydrogen-bond acceptors (Lipinski definition) is 6. The molecule has 3 aliphatic heterocycles. The van der Waals surface area contributed by atoms with Crippen LogP contribution in [0.4, 0.5) is 4.39 Å². The second-order valence-electron chi connectivity index (χ2n) is 8.83. The number of halogens is 1. The number of aromatic nitrogens is 1. The predicted octanol–water partition coefficient (Wildman–Crippen LogP) is 2.73. The highest BCUT2D eigenvalue weighted by molar-refractivity contribution is 7.11. The summed E-state index contributed by atoms with van der Waals surface area (Å²) in [7, 11) is 0. The van der Waals surface area contributed by atoms with Crippen molar-refractivity contribution in [3.63, 3.8) is 0 Å². The van der Waals surface area contributed by atoms with E-state index in [0.717, 1.165) is 43.0 Å². The van der Waals surface area contributed by atoms with Crippen LogP contribution >= 0.6 is 11.3 Å². The lowest BCUT2D eigenvalue weighted by molar-refractivity contribution is -0.136. The molecule has 2 saturated heterocycles. The van der Waals surface area contributed by atoms with Gasteiger partial charge in [-0.25, -0.2) is 9.37 Å². The summed E-state index contributed by atoms with van der Waals surface area (Å²) in [6, 6.07) is 2.48. The number of likely N-dealkylation sites (tertiary alicyclic amines) is 1. The molecule has 3 aliphatic rings. The third-order valence-electron chi connectivity index (χ3n) is 6.72. The Morgan fingerprint density at radius 2 is 1.97 bits per heavy atom. The molecule has 1 atom stereocenters. The number of fused-ring (bicyclic) bond motifs is 1. The van der Waals surface area contributed by atoms with E-state index in [2.05, 4.69) is 15.2 Å². The lowest BCUT2D eigenvalue weighted by Gasteiger charge is -2.32. The van der Waals surface area contributed by atoms with Crippen LogP contribution in [0, 0.1) is 12.7 Å². The molecule has 1 N–H and O–H groups in total. The van der Waals surface area contributed by atoms with Gasteiger partial charge in [-0.15, -0.1) is 11.3 Å². The van der Waals surface area contributed by atoms with Crippen LogP contribution in [0.3, 0.4) is 0 Å². The molecule has 2 fully saturated rings. The van der Waals surface area contributed by atoms with Crippen LogP contribution in [0.1, 0.15) is 63.0 Å². The number of piperidine rings is 2. The number of rotatable bonds is 4. The van der Waals surface area contributed by atoms with Crippen LogP contribution in [0.5, 0.6) is 0 Å². The third kappa shape index (κ3) is 3.95. The van der Waals surface area contributed by atoms with Crippen molar-refractivity contribution in [2.75, 3.05) is 13.1 Å². The molecule has 1 unspecified atom stereocenters. The first-order chi connectivity index (χ1) is 15.4. The fraction of sp³-hybridized carbons (Fsp3) is 0.478. The number of imide groups is 1. The van der Waals surface area contributed by atoms with Crippen LogP contribution in [0.2, 0.25) is 0 Å². The summed E-state index contributed by atoms with van der Waals surface area (Å²) in [6.07, 6.45) is 4.15. The molecule has 1 aromatic heterocycles. The molecule has 32 heavy (non-hydrogen) atoms. The Balaban J connectivity index is 1.27. The monoisotopic (exact) mass is 456 g/mol. The van der Waals surface area contributed by atoms with Gasteiger partial charge in [0.25, 0.3) is 5.91 Å². The van der Waals surface area contributed by atoms with E-state index in [-0.39, 0.29) is 36.5 Å². The van der Waals surface area contributed by atoms with Crippen LogP contribution in [-0.4, -0.2) is 51.6 Å². The lowest BCUT2D eigenvalue weighted by Crippen LogP contribution is -2.52. The van der Waals surface area contributed by atoms with Gasteiger partial charge in [0.1, 0.15) is 11.9 Å². The normalized spacial score (nSPS) is 22.4. The fourth-order valence-corrected chi connectivity index (χ4v) is 5.86. The number of carbonyl (C=O) groups excluding carboxylic acids is 3. The molecule has 0 saturated carbocycles. The summed E-state index contributed by atoms with van der Waals surface area (Å²) in [5.41, 5.74) is 1.75. The van der Waals surface area contributed by atoms with Crippen LogP contribution in [0.15, 0.2) is 18.3 Å². The molecule has 5 rings (SSSR count). The number of amides is 3. The molecule has 0 spiro atoms. The first-order valence-corrected chi connectivity index (χ1v) is 11.8. The predicted molar refractivity (Wildman–Crippen MR) is 117 cm³/mol. The topological polar surface area (TPSA) is 82.6 Å². The van der Waals surface area contributed by atoms with E-state index in [1.807, 2.05) is 19.2 Å². The largest absolute Gasteiger partial charge is 0.322 e. The van der Waals surface area contributed by atoms with Gasteiger partial charge in [-0.05, 0) is 62.4 Å². The summed E-state index contributed by atoms with van der Waals surface area (Å²) in [5, 5.41) is 3.36. The van der Waals surface area contributed by atoms with E-state index in [1.165, 1.54) is 15.8 Å². The number of hydrogen-bond donors (Lipinski definition) is 1. The Morgan fingerprint density at radius 3 is 2.66 bits per heavy atom. The Labute approximate surface area is 189 Å². The smallest absolute Gasteiger partial charge is 0.255 e. The van der Waals surface area contributed by atoms with Gasteiger partial charge in [-0.2, -0.15) is 0 Å². The second kappa shape index (κ2) is 8.37. The molecule has 2 aromatic rings. The van der Waals surface area contributed by atoms with E-state index in [9.17, 15) is 14.4 Å². The Bertz CT molecular complexity index is 1090. The van der Waals surface area contributed by atoms with E-state index < -0.39 is 11.9 Å². The summed E-state index contributed by atoms with van der Waals surface area (Å²) in [4.78, 5) is 45.9. The Kier molecular flexibility index (Phi) is 5.54. The van der Waals surface area contributed by atoms with Gasteiger partial charge in [-0.3, -0.25) is 24.6 Å². The van der Waals surface area contributed by atoms with Crippen LogP contribution in [-0.2, 0) is 22.7 Å². The molecule has 0 bridgehead atoms. The second-order valence-corrected chi connectivity index (χ2v) is 10.1. The van der Waals surface area contributed by atoms with Crippen molar-refractivity contribution < 1.29 is 18.8 Å². The molecule has 0 radical (unpaired) electrons. The van der Waals surface area contributed by atoms with E-state index >= 15 is 4.39 Å². The van der Waals surface area contributed by atoms with Crippen molar-refractivity contribution in [2.24, 2.45) is 0 Å². The molecule has 0 aliphatic carbocycles. The standard InChI is InChI=1S/C23H25FN4O3S/c1-13-25-10-16(32-13)12-27-6-4-14(5-7-27)17-8-15-11-28(23(31)18(15)9-19(17)24)20-2-3-21(29)26-22(20)30/h8-10,14,20H,2-7,11-12H2,1H3,(H,26,29,30). The number of nitrogens with one attached hydrogen (secondary N) is 1. The number of carbonyl (C=O) groups is 3. The minimum absolute atomic E-state index is 0.111. The quantitative estimate of drug-likeness (QED) is 0.716. The zero-order valence-electron chi connectivity index (χ0n) is 17.9. The maximum atomic E-state index is 15.0. The van der Waals surface area contributed by atoms with Gasteiger partial charge in [0.2, 0.25) is 11.8 Å². The van der Waals surface area contributed by atoms with Crippen molar-refractivity contribution >= 4 is 29.1 Å². The molecule has 1 aromatic carbocycles. The summed E-state index contributed by atoms with van der Waals surface area (Å²) >= 11 is 1.71. The molecule has 3 amide bonds. The molecule has 7 nitrogen and oxygen atoms in total. The Hall–Kier alpha value is -2.65. The highest BCUT2D eigenvalue weighted by Gasteiger charge is 2.40. The lowest BCUT2D eigenvalue weighted by atomic mass is 9.87. The van der Waals surface area contributed by atoms with Crippen molar-refractivity contribution in [3.05, 3.63) is 50.7 Å². The summed E-state index contributed by atoms with van der Waals surface area (Å²) in [6.45, 7) is 4.93. The number of nitrogens with zero attached hydrogens (tertiary/aromatic N) is 3. The highest BCUT2D eigenvalue weighted by atomic mass is 32.1. The van der Waals surface area contributed by atoms with Crippen molar-refractivity contribution in [2.45, 2.75) is 57.7 Å².